The van der Waals surface area contributed by atoms with E-state index in [1.165, 1.54) is 13.2 Å². The van der Waals surface area contributed by atoms with Gasteiger partial charge in [0.2, 0.25) is 0 Å². The molecule has 0 saturated heterocycles. The second-order valence-electron chi connectivity index (χ2n) is 1.05. The molecule has 0 aromatic rings. The Morgan fingerprint density at radius 3 is 1.50 bits per heavy atom. The molecule has 1 radical (unpaired) electrons. The fourth-order valence-electron chi connectivity index (χ4n) is 0. The average molecular weight is 194 g/mol. The van der Waals surface area contributed by atoms with Crippen molar-refractivity contribution in [1.82, 2.24) is 0 Å². The van der Waals surface area contributed by atoms with Crippen LogP contribution in [0, 0.1) is 0 Å². The molecule has 0 aliphatic heterocycles. The molecule has 0 aromatic heterocycles. The number of aliphatic carboxylic acids is 1. The van der Waals surface area contributed by atoms with Crippen LogP contribution in [0.1, 0.15) is 13.8 Å². The monoisotopic (exact) mass is 193 g/mol. The molecule has 0 fully saturated rings. The van der Waals surface area contributed by atoms with Crippen molar-refractivity contribution in [1.29, 1.82) is 0 Å². The largest absolute Gasteiger partial charge is 2.00 e. The summed E-state index contributed by atoms with van der Waals surface area (Å²) in [6.07, 6.45) is 1.50. The van der Waals surface area contributed by atoms with E-state index in [1.807, 2.05) is 0 Å². The molecule has 0 heterocycles. The number of carboxylic acids is 1. The summed E-state index contributed by atoms with van der Waals surface area (Å²) in [7, 11) is 0. The molecule has 0 rings (SSSR count). The summed E-state index contributed by atoms with van der Waals surface area (Å²) in [4.78, 5) is 27.4. The number of carbonyl (C=O) groups is 2. The Labute approximate surface area is 69.1 Å². The number of carbonyl (C=O) groups excluding carboxylic acids is 3. The summed E-state index contributed by atoms with van der Waals surface area (Å²) in [5, 5.41) is 9.24. The molecular formula is C5H6CuO4. The van der Waals surface area contributed by atoms with Crippen molar-refractivity contribution < 1.29 is 36.6 Å². The molecule has 0 spiro atoms. The van der Waals surface area contributed by atoms with Crippen LogP contribution < -0.4 is 5.11 Å². The van der Waals surface area contributed by atoms with Gasteiger partial charge in [-0.25, -0.2) is 0 Å². The Balaban J connectivity index is -0.000000107. The van der Waals surface area contributed by atoms with Gasteiger partial charge in [-0.15, -0.1) is 0 Å². The molecule has 0 aliphatic rings. The zero-order valence-corrected chi connectivity index (χ0v) is 6.38. The Morgan fingerprint density at radius 2 is 1.50 bits per heavy atom. The van der Waals surface area contributed by atoms with Gasteiger partial charge >= 0.3 is 17.1 Å². The van der Waals surface area contributed by atoms with Gasteiger partial charge < -0.3 is 14.7 Å². The summed E-state index contributed by atoms with van der Waals surface area (Å²) in [5.74, 6) is -2.56. The van der Waals surface area contributed by atoms with E-state index in [0.717, 1.165) is 6.92 Å². The third-order valence-corrected chi connectivity index (χ3v) is 0.287. The van der Waals surface area contributed by atoms with Gasteiger partial charge in [-0.1, -0.05) is 0 Å². The predicted molar refractivity (Wildman–Crippen MR) is 27.1 cm³/mol. The average Bonchev–Trinajstić information content (AvgIpc) is 1.68. The number of rotatable bonds is 1. The molecule has 4 nitrogen and oxygen atoms in total. The first-order valence-corrected chi connectivity index (χ1v) is 2.07. The minimum atomic E-state index is -1.63. The van der Waals surface area contributed by atoms with Crippen LogP contribution in [0.5, 0.6) is 0 Å². The molecule has 0 aromatic carbocycles. The van der Waals surface area contributed by atoms with Crippen LogP contribution in [0.4, 0.5) is 0 Å². The van der Waals surface area contributed by atoms with E-state index >= 15 is 0 Å². The molecule has 0 aliphatic carbocycles. The maximum Gasteiger partial charge on any atom is 2.00 e. The molecule has 0 saturated carbocycles. The van der Waals surface area contributed by atoms with Gasteiger partial charge in [-0.2, -0.15) is 6.92 Å². The first-order valence-electron chi connectivity index (χ1n) is 2.07. The Bertz CT molecular complexity index is 109. The van der Waals surface area contributed by atoms with Crippen LogP contribution in [0.15, 0.2) is 0 Å². The van der Waals surface area contributed by atoms with Gasteiger partial charge in [0.1, 0.15) is 5.97 Å². The van der Waals surface area contributed by atoms with Crippen LogP contribution in [-0.4, -0.2) is 18.0 Å². The van der Waals surface area contributed by atoms with Crippen LogP contribution in [0.2, 0.25) is 0 Å². The third-order valence-electron chi connectivity index (χ3n) is 0.287. The van der Waals surface area contributed by atoms with Gasteiger partial charge in [0.15, 0.2) is 5.78 Å². The number of carboxylic acid groups (broad SMARTS) is 1. The van der Waals surface area contributed by atoms with Crippen LogP contribution in [-0.2, 0) is 31.5 Å². The number of hydrogen-bond donors (Lipinski definition) is 0. The maximum atomic E-state index is 9.48. The molecule has 0 amide bonds. The standard InChI is InChI=1S/C3H4O3.C2H3O.Cu/c1-2(4)3(5)6;1-2-3;/h1H3,(H,5,6);1H3;/q;-1;+2/p-1. The summed E-state index contributed by atoms with van der Waals surface area (Å²) >= 11 is 0. The minimum Gasteiger partial charge on any atom is -0.542 e. The molecule has 0 N–H and O–H groups in total. The smallest absolute Gasteiger partial charge is 0.542 e. The summed E-state index contributed by atoms with van der Waals surface area (Å²) in [6, 6.07) is 0. The Kier molecular flexibility index (Phi) is 18.0. The van der Waals surface area contributed by atoms with Crippen molar-refractivity contribution in [3.05, 3.63) is 0 Å². The normalized spacial score (nSPS) is 5.80. The van der Waals surface area contributed by atoms with Gasteiger partial charge in [-0.3, -0.25) is 11.1 Å². The topological polar surface area (TPSA) is 74.3 Å². The first-order chi connectivity index (χ1) is 4.06. The fraction of sp³-hybridized carbons (Fsp3) is 0.400. The molecule has 0 bridgehead atoms. The van der Waals surface area contributed by atoms with E-state index in [-0.39, 0.29) is 17.1 Å². The van der Waals surface area contributed by atoms with E-state index in [0.29, 0.717) is 0 Å². The van der Waals surface area contributed by atoms with Gasteiger partial charge in [0.25, 0.3) is 0 Å². The van der Waals surface area contributed by atoms with Crippen LogP contribution in [0.25, 0.3) is 0 Å². The molecule has 5 heteroatoms. The van der Waals surface area contributed by atoms with E-state index < -0.39 is 11.8 Å². The van der Waals surface area contributed by atoms with Crippen LogP contribution in [0.3, 0.4) is 0 Å². The van der Waals surface area contributed by atoms with E-state index in [2.05, 4.69) is 0 Å². The second-order valence-corrected chi connectivity index (χ2v) is 1.05. The molecular weight excluding hydrogens is 188 g/mol. The SMILES string of the molecule is CC(=O)C(=O)[O-].C[C-]=O.[Cu+2]. The second kappa shape index (κ2) is 11.2. The molecule has 61 valence electrons. The van der Waals surface area contributed by atoms with Gasteiger partial charge in [0, 0.05) is 6.92 Å². The van der Waals surface area contributed by atoms with Crippen molar-refractivity contribution in [3.63, 3.8) is 0 Å². The predicted octanol–water partition coefficient (Wildman–Crippen LogP) is -1.56. The molecule has 10 heavy (non-hydrogen) atoms. The summed E-state index contributed by atoms with van der Waals surface area (Å²) in [6.45, 7) is 2.26. The number of ketones is 1. The van der Waals surface area contributed by atoms with Gasteiger partial charge in [-0.05, 0) is 0 Å². The van der Waals surface area contributed by atoms with E-state index in [4.69, 9.17) is 4.79 Å². The maximum absolute atomic E-state index is 9.48. The van der Waals surface area contributed by atoms with Crippen molar-refractivity contribution >= 4 is 18.0 Å². The van der Waals surface area contributed by atoms with E-state index in [9.17, 15) is 14.7 Å². The summed E-state index contributed by atoms with van der Waals surface area (Å²) < 4.78 is 0. The summed E-state index contributed by atoms with van der Waals surface area (Å²) in [5.41, 5.74) is 0. The fourth-order valence-corrected chi connectivity index (χ4v) is 0. The number of hydrogen-bond acceptors (Lipinski definition) is 4. The zero-order valence-electron chi connectivity index (χ0n) is 5.43. The molecule has 0 atom stereocenters. The van der Waals surface area contributed by atoms with Crippen molar-refractivity contribution in [2.75, 3.05) is 0 Å². The van der Waals surface area contributed by atoms with Crippen molar-refractivity contribution in [2.45, 2.75) is 13.8 Å². The van der Waals surface area contributed by atoms with Gasteiger partial charge in [0.05, 0.1) is 0 Å². The van der Waals surface area contributed by atoms with Crippen LogP contribution >= 0.6 is 0 Å². The van der Waals surface area contributed by atoms with Crippen molar-refractivity contribution in [3.8, 4) is 0 Å². The molecule has 0 unspecified atom stereocenters. The first kappa shape index (κ1) is 16.2. The van der Waals surface area contributed by atoms with Crippen molar-refractivity contribution in [2.24, 2.45) is 0 Å². The Hall–Kier alpha value is -0.671. The Morgan fingerprint density at radius 1 is 1.40 bits per heavy atom. The van der Waals surface area contributed by atoms with E-state index in [1.54, 1.807) is 0 Å². The minimum absolute atomic E-state index is 0. The number of Topliss-reactive ketones (excluding diaryl/α,β-unsaturated/α-hetero) is 1. The third kappa shape index (κ3) is 26.5. The zero-order chi connectivity index (χ0) is 7.86. The quantitative estimate of drug-likeness (QED) is 0.287.